The van der Waals surface area contributed by atoms with Gasteiger partial charge in [-0.25, -0.2) is 13.9 Å². The van der Waals surface area contributed by atoms with E-state index < -0.39 is 43.5 Å². The van der Waals surface area contributed by atoms with Crippen molar-refractivity contribution < 1.29 is 36.8 Å². The molecule has 3 N–H and O–H groups in total. The molecule has 2 fully saturated rings. The molecular weight excluding hydrogens is 464 g/mol. The van der Waals surface area contributed by atoms with Gasteiger partial charge >= 0.3 is 13.8 Å². The number of fused-ring (bicyclic) bond motifs is 2. The third-order valence-electron chi connectivity index (χ3n) is 5.17. The molecule has 0 bridgehead atoms. The monoisotopic (exact) mass is 489 g/mol. The number of esters is 1. The number of carbonyl (C=O) groups is 1. The molecule has 2 aliphatic heterocycles. The summed E-state index contributed by atoms with van der Waals surface area (Å²) in [7, 11) is -4.11. The Morgan fingerprint density at radius 3 is 3.00 bits per heavy atom. The summed E-state index contributed by atoms with van der Waals surface area (Å²) in [5.74, 6) is -0.582. The maximum Gasteiger partial charge on any atom is 0.475 e. The molecule has 2 aromatic rings. The predicted octanol–water partition coefficient (Wildman–Crippen LogP) is 1.60. The number of aromatic amines is 1. The van der Waals surface area contributed by atoms with Crippen LogP contribution in [0.4, 0.5) is 10.3 Å². The van der Waals surface area contributed by atoms with E-state index in [1.807, 2.05) is 0 Å². The highest BCUT2D eigenvalue weighted by atomic mass is 31.2. The van der Waals surface area contributed by atoms with Crippen molar-refractivity contribution >= 4 is 30.9 Å². The van der Waals surface area contributed by atoms with E-state index in [0.29, 0.717) is 0 Å². The van der Waals surface area contributed by atoms with E-state index in [1.54, 1.807) is 13.8 Å². The second-order valence-electron chi connectivity index (χ2n) is 8.20. The molecule has 33 heavy (non-hydrogen) atoms. The zero-order valence-electron chi connectivity index (χ0n) is 18.2. The average Bonchev–Trinajstić information content (AvgIpc) is 3.23. The van der Waals surface area contributed by atoms with Crippen LogP contribution in [0.15, 0.2) is 11.1 Å². The molecule has 5 atom stereocenters. The largest absolute Gasteiger partial charge is 0.475 e. The van der Waals surface area contributed by atoms with Gasteiger partial charge in [0.2, 0.25) is 5.95 Å². The molecule has 15 heteroatoms. The molecule has 182 valence electrons. The van der Waals surface area contributed by atoms with Gasteiger partial charge in [0.15, 0.2) is 23.1 Å². The van der Waals surface area contributed by atoms with Crippen LogP contribution in [0.25, 0.3) is 11.2 Å². The molecule has 0 aromatic carbocycles. The summed E-state index contributed by atoms with van der Waals surface area (Å²) in [6, 6.07) is 0. The van der Waals surface area contributed by atoms with Crippen LogP contribution in [0.2, 0.25) is 0 Å². The van der Waals surface area contributed by atoms with Crippen LogP contribution >= 0.6 is 7.82 Å². The Hall–Kier alpha value is -2.38. The number of hydrogen-bond acceptors (Lipinski definition) is 11. The van der Waals surface area contributed by atoms with E-state index in [1.165, 1.54) is 17.8 Å². The number of phosphoric ester groups is 1. The van der Waals surface area contributed by atoms with Crippen LogP contribution in [-0.4, -0.2) is 62.7 Å². The van der Waals surface area contributed by atoms with Crippen LogP contribution in [0, 0.1) is 0 Å². The van der Waals surface area contributed by atoms with Gasteiger partial charge in [0.1, 0.15) is 12.2 Å². The van der Waals surface area contributed by atoms with Gasteiger partial charge in [-0.1, -0.05) is 0 Å². The van der Waals surface area contributed by atoms with E-state index in [4.69, 9.17) is 28.8 Å². The number of nitrogens with two attached hydrogens (primary N) is 1. The number of ether oxygens (including phenoxy) is 2. The molecule has 2 aromatic heterocycles. The zero-order valence-corrected chi connectivity index (χ0v) is 19.1. The second kappa shape index (κ2) is 8.76. The minimum Gasteiger partial charge on any atom is -0.463 e. The topological polar surface area (TPSA) is 170 Å². The lowest BCUT2D eigenvalue weighted by Gasteiger charge is -2.33. The number of aromatic nitrogens is 4. The third-order valence-corrected chi connectivity index (χ3v) is 6.61. The lowest BCUT2D eigenvalue weighted by molar-refractivity contribution is -0.147. The highest BCUT2D eigenvalue weighted by Crippen LogP contribution is 2.59. The van der Waals surface area contributed by atoms with Gasteiger partial charge in [-0.2, -0.15) is 4.98 Å². The number of alkyl halides is 1. The molecular formula is C18H25FN5O8P. The molecule has 4 heterocycles. The first-order valence-corrected chi connectivity index (χ1v) is 11.8. The minimum atomic E-state index is -4.11. The molecule has 2 saturated heterocycles. The van der Waals surface area contributed by atoms with E-state index in [-0.39, 0.29) is 49.3 Å². The summed E-state index contributed by atoms with van der Waals surface area (Å²) >= 11 is 0. The van der Waals surface area contributed by atoms with Gasteiger partial charge in [-0.05, 0) is 27.2 Å². The summed E-state index contributed by atoms with van der Waals surface area (Å²) in [4.78, 5) is 33.9. The van der Waals surface area contributed by atoms with Crippen molar-refractivity contribution in [2.45, 2.75) is 63.8 Å². The lowest BCUT2D eigenvalue weighted by atomic mass is 9.98. The van der Waals surface area contributed by atoms with Crippen molar-refractivity contribution in [2.75, 3.05) is 18.9 Å². The maximum atomic E-state index is 15.9. The van der Waals surface area contributed by atoms with Crippen molar-refractivity contribution in [3.63, 3.8) is 0 Å². The van der Waals surface area contributed by atoms with Gasteiger partial charge in [-0.15, -0.1) is 0 Å². The van der Waals surface area contributed by atoms with Crippen LogP contribution in [0.1, 0.15) is 39.8 Å². The molecule has 0 radical (unpaired) electrons. The summed E-state index contributed by atoms with van der Waals surface area (Å²) in [6.45, 7) is 4.30. The Morgan fingerprint density at radius 1 is 1.52 bits per heavy atom. The first-order valence-electron chi connectivity index (χ1n) is 10.3. The number of nitrogens with zero attached hydrogens (tertiary/aromatic N) is 3. The van der Waals surface area contributed by atoms with E-state index in [2.05, 4.69) is 15.0 Å². The Labute approximate surface area is 187 Å². The molecule has 2 aliphatic rings. The van der Waals surface area contributed by atoms with E-state index in [0.717, 1.165) is 0 Å². The highest BCUT2D eigenvalue weighted by Gasteiger charge is 2.61. The molecule has 0 saturated carbocycles. The van der Waals surface area contributed by atoms with Gasteiger partial charge in [-0.3, -0.25) is 32.7 Å². The van der Waals surface area contributed by atoms with Crippen molar-refractivity contribution in [1.29, 1.82) is 0 Å². The molecule has 4 rings (SSSR count). The number of hydrogen-bond donors (Lipinski definition) is 2. The third kappa shape index (κ3) is 4.66. The highest BCUT2D eigenvalue weighted by molar-refractivity contribution is 7.48. The number of nitrogens with one attached hydrogen (secondary N) is 1. The molecule has 0 spiro atoms. The standard InChI is InChI=1S/C18H25FN5O8P/c1-9(2)30-11(25)5-4-6-28-33(27)29-7-10-13(32-33)18(3,19)16(31-10)24-8-21-12-14(24)22-17(20)23-15(12)26/h8-10,13,16H,4-7H2,1-3H3,(H3,20,22,23,26)/t10-,13-,16-,18-,33+/m1/s1. The van der Waals surface area contributed by atoms with Gasteiger partial charge < -0.3 is 15.2 Å². The van der Waals surface area contributed by atoms with Crippen molar-refractivity contribution in [3.8, 4) is 0 Å². The van der Waals surface area contributed by atoms with Crippen LogP contribution in [0.5, 0.6) is 0 Å². The van der Waals surface area contributed by atoms with E-state index in [9.17, 15) is 14.2 Å². The Morgan fingerprint density at radius 2 is 2.27 bits per heavy atom. The van der Waals surface area contributed by atoms with Crippen LogP contribution in [-0.2, 0) is 32.4 Å². The molecule has 0 amide bonds. The number of nitrogen functional groups attached to an aromatic ring is 1. The van der Waals surface area contributed by atoms with Gasteiger partial charge in [0, 0.05) is 6.42 Å². The number of anilines is 1. The fraction of sp³-hybridized carbons (Fsp3) is 0.667. The Bertz CT molecular complexity index is 1150. The van der Waals surface area contributed by atoms with E-state index >= 15 is 4.39 Å². The summed E-state index contributed by atoms with van der Waals surface area (Å²) < 4.78 is 56.7. The number of carbonyl (C=O) groups excluding carboxylic acids is 1. The minimum absolute atomic E-state index is 0.0254. The average molecular weight is 489 g/mol. The quantitative estimate of drug-likeness (QED) is 0.329. The number of phosphoric acid groups is 1. The summed E-state index contributed by atoms with van der Waals surface area (Å²) in [5, 5.41) is 0. The smallest absolute Gasteiger partial charge is 0.463 e. The Balaban J connectivity index is 1.45. The zero-order chi connectivity index (χ0) is 24.0. The van der Waals surface area contributed by atoms with Gasteiger partial charge in [0.05, 0.1) is 25.6 Å². The molecule has 0 unspecified atom stereocenters. The van der Waals surface area contributed by atoms with Crippen molar-refractivity contribution in [3.05, 3.63) is 16.7 Å². The summed E-state index contributed by atoms with van der Waals surface area (Å²) in [6.07, 6.45) is -2.29. The second-order valence-corrected chi connectivity index (χ2v) is 9.82. The summed E-state index contributed by atoms with van der Waals surface area (Å²) in [5.41, 5.74) is 2.78. The Kier molecular flexibility index (Phi) is 6.31. The number of imidazole rings is 1. The fourth-order valence-corrected chi connectivity index (χ4v) is 5.24. The van der Waals surface area contributed by atoms with Crippen LogP contribution in [0.3, 0.4) is 0 Å². The van der Waals surface area contributed by atoms with Crippen molar-refractivity contribution in [1.82, 2.24) is 19.5 Å². The predicted molar refractivity (Wildman–Crippen MR) is 111 cm³/mol. The van der Waals surface area contributed by atoms with Crippen molar-refractivity contribution in [2.24, 2.45) is 0 Å². The van der Waals surface area contributed by atoms with Gasteiger partial charge in [0.25, 0.3) is 5.56 Å². The molecule has 0 aliphatic carbocycles. The first kappa shape index (κ1) is 23.8. The molecule has 13 nitrogen and oxygen atoms in total. The first-order chi connectivity index (χ1) is 15.5. The number of rotatable bonds is 7. The maximum absolute atomic E-state index is 15.9. The van der Waals surface area contributed by atoms with Crippen LogP contribution < -0.4 is 11.3 Å². The number of halogens is 1. The number of H-pyrrole nitrogens is 1. The SMILES string of the molecule is CC(C)OC(=O)CCCO[P@@]1(=O)OC[C@H]2O[C@@H](n3cnc4c(=O)[nH]c(N)nc43)[C@](C)(F)[C@@H]2O1. The normalized spacial score (nSPS) is 31.7. The fourth-order valence-electron chi connectivity index (χ4n) is 3.74. The lowest BCUT2D eigenvalue weighted by Crippen LogP contribution is -2.44.